The van der Waals surface area contributed by atoms with E-state index >= 15 is 0 Å². The Labute approximate surface area is 261 Å². The van der Waals surface area contributed by atoms with E-state index < -0.39 is 11.8 Å². The number of nitrogens with one attached hydrogen (secondary N) is 3. The summed E-state index contributed by atoms with van der Waals surface area (Å²) in [5.41, 5.74) is 3.52. The number of amides is 3. The van der Waals surface area contributed by atoms with Crippen LogP contribution in [0.25, 0.3) is 6.08 Å². The van der Waals surface area contributed by atoms with Crippen LogP contribution in [0.5, 0.6) is 11.5 Å². The molecule has 0 heterocycles. The first-order chi connectivity index (χ1) is 21.2. The summed E-state index contributed by atoms with van der Waals surface area (Å²) in [6, 6.07) is 28.8. The quantitative estimate of drug-likeness (QED) is 0.118. The second kappa shape index (κ2) is 15.5. The summed E-state index contributed by atoms with van der Waals surface area (Å²) in [6.45, 7) is 4.24. The van der Waals surface area contributed by atoms with Crippen LogP contribution in [0, 0.1) is 0 Å². The van der Waals surface area contributed by atoms with Gasteiger partial charge in [0.05, 0.1) is 20.0 Å². The summed E-state index contributed by atoms with van der Waals surface area (Å²) in [5.74, 6) is 0.551. The highest BCUT2D eigenvalue weighted by molar-refractivity contribution is 8.00. The molecular formula is C35H35N3O5S. The average molecular weight is 610 g/mol. The molecule has 0 aliphatic carbocycles. The molecule has 3 amide bonds. The molecule has 0 unspecified atom stereocenters. The van der Waals surface area contributed by atoms with Gasteiger partial charge in [-0.05, 0) is 77.7 Å². The van der Waals surface area contributed by atoms with Gasteiger partial charge in [0.1, 0.15) is 5.70 Å². The first-order valence-electron chi connectivity index (χ1n) is 14.0. The van der Waals surface area contributed by atoms with Gasteiger partial charge in [0.25, 0.3) is 11.8 Å². The summed E-state index contributed by atoms with van der Waals surface area (Å²) < 4.78 is 10.7. The first kappa shape index (κ1) is 31.9. The molecule has 0 bridgehead atoms. The molecular weight excluding hydrogens is 574 g/mol. The van der Waals surface area contributed by atoms with Gasteiger partial charge in [0.15, 0.2) is 11.5 Å². The van der Waals surface area contributed by atoms with E-state index in [1.165, 1.54) is 31.5 Å². The van der Waals surface area contributed by atoms with Crippen molar-refractivity contribution in [3.05, 3.63) is 119 Å². The standard InChI is InChI=1S/C35H35N3O5S/c1-23(2)25-14-16-27(17-15-25)36-33(39)22-44-29-12-8-11-28(21-29)37-35(41)30(38-34(40)26-9-6-5-7-10-26)19-24-13-18-31(42-3)32(20-24)43-4/h5-21,23H,22H2,1-4H3,(H,36,39)(H,37,41)(H,38,40)/b30-19+. The van der Waals surface area contributed by atoms with Gasteiger partial charge in [-0.15, -0.1) is 11.8 Å². The van der Waals surface area contributed by atoms with Crippen LogP contribution in [0.1, 0.15) is 41.3 Å². The third-order valence-electron chi connectivity index (χ3n) is 6.57. The fourth-order valence-corrected chi connectivity index (χ4v) is 4.97. The van der Waals surface area contributed by atoms with Crippen LogP contribution in [-0.4, -0.2) is 37.7 Å². The highest BCUT2D eigenvalue weighted by Crippen LogP contribution is 2.29. The van der Waals surface area contributed by atoms with Gasteiger partial charge in [-0.25, -0.2) is 0 Å². The second-order valence-electron chi connectivity index (χ2n) is 10.1. The van der Waals surface area contributed by atoms with Crippen molar-refractivity contribution in [3.8, 4) is 11.5 Å². The van der Waals surface area contributed by atoms with Crippen LogP contribution in [0.3, 0.4) is 0 Å². The largest absolute Gasteiger partial charge is 0.493 e. The monoisotopic (exact) mass is 609 g/mol. The Morgan fingerprint density at radius 2 is 1.50 bits per heavy atom. The number of hydrogen-bond acceptors (Lipinski definition) is 6. The van der Waals surface area contributed by atoms with Crippen molar-refractivity contribution < 1.29 is 23.9 Å². The molecule has 0 aliphatic rings. The molecule has 0 atom stereocenters. The number of methoxy groups -OCH3 is 2. The Morgan fingerprint density at radius 3 is 2.18 bits per heavy atom. The normalized spacial score (nSPS) is 11.1. The summed E-state index contributed by atoms with van der Waals surface area (Å²) >= 11 is 1.35. The third-order valence-corrected chi connectivity index (χ3v) is 7.56. The maximum absolute atomic E-state index is 13.5. The molecule has 8 nitrogen and oxygen atoms in total. The van der Waals surface area contributed by atoms with Crippen LogP contribution in [0.15, 0.2) is 108 Å². The Bertz CT molecular complexity index is 1640. The van der Waals surface area contributed by atoms with Crippen molar-refractivity contribution in [1.82, 2.24) is 5.32 Å². The van der Waals surface area contributed by atoms with Gasteiger partial charge in [-0.1, -0.05) is 56.3 Å². The van der Waals surface area contributed by atoms with Crippen molar-refractivity contribution in [1.29, 1.82) is 0 Å². The maximum Gasteiger partial charge on any atom is 0.272 e. The van der Waals surface area contributed by atoms with E-state index in [1.807, 2.05) is 36.4 Å². The van der Waals surface area contributed by atoms with Crippen LogP contribution >= 0.6 is 11.8 Å². The van der Waals surface area contributed by atoms with E-state index in [0.717, 1.165) is 10.6 Å². The molecule has 226 valence electrons. The average Bonchev–Trinajstić information content (AvgIpc) is 3.04. The smallest absolute Gasteiger partial charge is 0.272 e. The molecule has 4 rings (SSSR count). The van der Waals surface area contributed by atoms with E-state index in [-0.39, 0.29) is 17.4 Å². The zero-order valence-electron chi connectivity index (χ0n) is 25.0. The Balaban J connectivity index is 1.47. The molecule has 0 fully saturated rings. The minimum atomic E-state index is -0.520. The zero-order chi connectivity index (χ0) is 31.5. The lowest BCUT2D eigenvalue weighted by Gasteiger charge is -2.13. The molecule has 0 saturated heterocycles. The Morgan fingerprint density at radius 1 is 0.773 bits per heavy atom. The third kappa shape index (κ3) is 8.99. The second-order valence-corrected chi connectivity index (χ2v) is 11.1. The van der Waals surface area contributed by atoms with E-state index in [4.69, 9.17) is 9.47 Å². The lowest BCUT2D eigenvalue weighted by atomic mass is 10.0. The topological polar surface area (TPSA) is 106 Å². The Kier molecular flexibility index (Phi) is 11.2. The van der Waals surface area contributed by atoms with Crippen LogP contribution in [0.4, 0.5) is 11.4 Å². The van der Waals surface area contributed by atoms with Crippen molar-refractivity contribution >= 4 is 46.9 Å². The molecule has 0 aliphatic heterocycles. The van der Waals surface area contributed by atoms with Crippen LogP contribution in [0.2, 0.25) is 0 Å². The Hall–Kier alpha value is -5.02. The SMILES string of the molecule is COc1ccc(/C=C(/NC(=O)c2ccccc2)C(=O)Nc2cccc(SCC(=O)Nc3ccc(C(C)C)cc3)c2)cc1OC. The fraction of sp³-hybridized carbons (Fsp3) is 0.171. The summed E-state index contributed by atoms with van der Waals surface area (Å²) in [4.78, 5) is 39.8. The highest BCUT2D eigenvalue weighted by Gasteiger charge is 2.16. The molecule has 4 aromatic rings. The minimum Gasteiger partial charge on any atom is -0.493 e. The summed E-state index contributed by atoms with van der Waals surface area (Å²) in [6.07, 6.45) is 1.56. The summed E-state index contributed by atoms with van der Waals surface area (Å²) in [5, 5.41) is 8.51. The number of ether oxygens (including phenoxy) is 2. The number of anilines is 2. The van der Waals surface area contributed by atoms with Crippen LogP contribution < -0.4 is 25.4 Å². The van der Waals surface area contributed by atoms with Gasteiger partial charge in [0.2, 0.25) is 5.91 Å². The number of thioether (sulfide) groups is 1. The molecule has 0 radical (unpaired) electrons. The zero-order valence-corrected chi connectivity index (χ0v) is 25.9. The molecule has 0 spiro atoms. The van der Waals surface area contributed by atoms with E-state index in [1.54, 1.807) is 66.7 Å². The number of benzene rings is 4. The van der Waals surface area contributed by atoms with Gasteiger partial charge in [0, 0.05) is 21.8 Å². The summed E-state index contributed by atoms with van der Waals surface area (Å²) in [7, 11) is 3.06. The number of rotatable bonds is 12. The predicted octanol–water partition coefficient (Wildman–Crippen LogP) is 6.97. The van der Waals surface area contributed by atoms with Crippen LogP contribution in [-0.2, 0) is 9.59 Å². The lowest BCUT2D eigenvalue weighted by molar-refractivity contribution is -0.114. The predicted molar refractivity (Wildman–Crippen MR) is 176 cm³/mol. The van der Waals surface area contributed by atoms with Crippen molar-refractivity contribution in [2.45, 2.75) is 24.7 Å². The van der Waals surface area contributed by atoms with E-state index in [0.29, 0.717) is 34.2 Å². The highest BCUT2D eigenvalue weighted by atomic mass is 32.2. The lowest BCUT2D eigenvalue weighted by Crippen LogP contribution is -2.30. The van der Waals surface area contributed by atoms with Gasteiger partial charge in [-0.2, -0.15) is 0 Å². The maximum atomic E-state index is 13.5. The van der Waals surface area contributed by atoms with Crippen molar-refractivity contribution in [2.24, 2.45) is 0 Å². The van der Waals surface area contributed by atoms with Crippen molar-refractivity contribution in [2.75, 3.05) is 30.6 Å². The van der Waals surface area contributed by atoms with Gasteiger partial charge >= 0.3 is 0 Å². The molecule has 0 aromatic heterocycles. The van der Waals surface area contributed by atoms with Gasteiger partial charge in [-0.3, -0.25) is 14.4 Å². The van der Waals surface area contributed by atoms with E-state index in [2.05, 4.69) is 29.8 Å². The molecule has 4 aromatic carbocycles. The number of hydrogen-bond donors (Lipinski definition) is 3. The fourth-order valence-electron chi connectivity index (χ4n) is 4.21. The molecule has 44 heavy (non-hydrogen) atoms. The first-order valence-corrected chi connectivity index (χ1v) is 15.0. The minimum absolute atomic E-state index is 0.0343. The van der Waals surface area contributed by atoms with Crippen molar-refractivity contribution in [3.63, 3.8) is 0 Å². The van der Waals surface area contributed by atoms with Gasteiger partial charge < -0.3 is 25.4 Å². The number of carbonyl (C=O) groups is 3. The molecule has 3 N–H and O–H groups in total. The van der Waals surface area contributed by atoms with E-state index in [9.17, 15) is 14.4 Å². The molecule has 0 saturated carbocycles. The number of carbonyl (C=O) groups excluding carboxylic acids is 3. The molecule has 9 heteroatoms.